The van der Waals surface area contributed by atoms with Gasteiger partial charge < -0.3 is 4.74 Å². The minimum Gasteiger partial charge on any atom is -0.457 e. The van der Waals surface area contributed by atoms with Crippen LogP contribution in [0.15, 0.2) is 103 Å². The van der Waals surface area contributed by atoms with Crippen molar-refractivity contribution in [3.8, 4) is 22.6 Å². The van der Waals surface area contributed by atoms with E-state index in [2.05, 4.69) is 110 Å². The average molecular weight is 396 g/mol. The summed E-state index contributed by atoms with van der Waals surface area (Å²) >= 11 is 0. The Morgan fingerprint density at radius 2 is 1.26 bits per heavy atom. The van der Waals surface area contributed by atoms with Crippen molar-refractivity contribution in [2.24, 2.45) is 0 Å². The van der Waals surface area contributed by atoms with Gasteiger partial charge in [-0.15, -0.1) is 0 Å². The molecular formula is C30H20O. The summed E-state index contributed by atoms with van der Waals surface area (Å²) in [4.78, 5) is 0. The van der Waals surface area contributed by atoms with Gasteiger partial charge in [-0.2, -0.15) is 0 Å². The number of para-hydroxylation sites is 2. The van der Waals surface area contributed by atoms with Crippen LogP contribution in [-0.4, -0.2) is 0 Å². The molecule has 0 saturated heterocycles. The zero-order chi connectivity index (χ0) is 20.6. The van der Waals surface area contributed by atoms with Crippen LogP contribution in [0.4, 0.5) is 0 Å². The third-order valence-electron chi connectivity index (χ3n) is 6.98. The second kappa shape index (κ2) is 5.86. The first-order valence-corrected chi connectivity index (χ1v) is 10.8. The van der Waals surface area contributed by atoms with Crippen molar-refractivity contribution in [3.63, 3.8) is 0 Å². The second-order valence-corrected chi connectivity index (χ2v) is 8.60. The Hall–Kier alpha value is -3.84. The predicted molar refractivity (Wildman–Crippen MR) is 126 cm³/mol. The first kappa shape index (κ1) is 16.9. The van der Waals surface area contributed by atoms with Gasteiger partial charge in [0.1, 0.15) is 11.5 Å². The van der Waals surface area contributed by atoms with Gasteiger partial charge in [-0.05, 0) is 52.1 Å². The number of hydrogen-bond acceptors (Lipinski definition) is 1. The molecule has 0 amide bonds. The van der Waals surface area contributed by atoms with Crippen LogP contribution in [-0.2, 0) is 5.41 Å². The number of benzene rings is 5. The lowest BCUT2D eigenvalue weighted by Gasteiger charge is -2.39. The lowest BCUT2D eigenvalue weighted by atomic mass is 9.66. The van der Waals surface area contributed by atoms with Crippen LogP contribution >= 0.6 is 0 Å². The molecule has 1 heterocycles. The normalized spacial score (nSPS) is 14.5. The topological polar surface area (TPSA) is 9.23 Å². The largest absolute Gasteiger partial charge is 0.457 e. The lowest BCUT2D eigenvalue weighted by Crippen LogP contribution is -2.32. The van der Waals surface area contributed by atoms with Gasteiger partial charge >= 0.3 is 0 Å². The Morgan fingerprint density at radius 1 is 0.581 bits per heavy atom. The molecule has 1 spiro atoms. The minimum absolute atomic E-state index is 0.383. The van der Waals surface area contributed by atoms with Gasteiger partial charge in [0, 0.05) is 11.1 Å². The fraction of sp³-hybridized carbons (Fsp3) is 0.0667. The van der Waals surface area contributed by atoms with Crippen molar-refractivity contribution < 1.29 is 4.74 Å². The van der Waals surface area contributed by atoms with E-state index in [0.29, 0.717) is 0 Å². The molecule has 0 unspecified atom stereocenters. The molecule has 7 rings (SSSR count). The quantitative estimate of drug-likeness (QED) is 0.256. The van der Waals surface area contributed by atoms with Crippen molar-refractivity contribution in [1.29, 1.82) is 0 Å². The third kappa shape index (κ3) is 2.01. The molecule has 2 aliphatic rings. The van der Waals surface area contributed by atoms with E-state index in [0.717, 1.165) is 11.5 Å². The van der Waals surface area contributed by atoms with Crippen LogP contribution in [0, 0.1) is 6.92 Å². The first-order chi connectivity index (χ1) is 15.3. The number of aryl methyl sites for hydroxylation is 1. The lowest BCUT2D eigenvalue weighted by molar-refractivity contribution is 0.436. The van der Waals surface area contributed by atoms with Gasteiger partial charge in [0.05, 0.1) is 5.41 Å². The van der Waals surface area contributed by atoms with Gasteiger partial charge in [0.15, 0.2) is 0 Å². The van der Waals surface area contributed by atoms with E-state index in [1.807, 2.05) is 0 Å². The van der Waals surface area contributed by atoms with E-state index in [-0.39, 0.29) is 5.41 Å². The molecule has 146 valence electrons. The van der Waals surface area contributed by atoms with E-state index in [9.17, 15) is 0 Å². The van der Waals surface area contributed by atoms with Crippen molar-refractivity contribution in [1.82, 2.24) is 0 Å². The first-order valence-electron chi connectivity index (χ1n) is 10.8. The highest BCUT2D eigenvalue weighted by molar-refractivity contribution is 6.04. The van der Waals surface area contributed by atoms with E-state index in [1.165, 1.54) is 49.7 Å². The fourth-order valence-corrected chi connectivity index (χ4v) is 5.78. The highest BCUT2D eigenvalue weighted by Crippen LogP contribution is 2.63. The molecule has 5 aromatic carbocycles. The molecule has 0 saturated carbocycles. The summed E-state index contributed by atoms with van der Waals surface area (Å²) < 4.78 is 6.41. The maximum Gasteiger partial charge on any atom is 0.132 e. The van der Waals surface area contributed by atoms with Gasteiger partial charge in [-0.1, -0.05) is 96.6 Å². The van der Waals surface area contributed by atoms with Crippen LogP contribution in [0.3, 0.4) is 0 Å². The van der Waals surface area contributed by atoms with Gasteiger partial charge in [0.2, 0.25) is 0 Å². The van der Waals surface area contributed by atoms with Crippen LogP contribution < -0.4 is 4.74 Å². The van der Waals surface area contributed by atoms with E-state index in [1.54, 1.807) is 0 Å². The highest BCUT2D eigenvalue weighted by Gasteiger charge is 2.51. The number of fused-ring (bicyclic) bond motifs is 11. The fourth-order valence-electron chi connectivity index (χ4n) is 5.78. The molecule has 0 fully saturated rings. The van der Waals surface area contributed by atoms with Gasteiger partial charge in [0.25, 0.3) is 0 Å². The zero-order valence-corrected chi connectivity index (χ0v) is 17.2. The van der Waals surface area contributed by atoms with Crippen molar-refractivity contribution in [3.05, 3.63) is 131 Å². The molecular weight excluding hydrogens is 376 g/mol. The van der Waals surface area contributed by atoms with E-state index >= 15 is 0 Å². The molecule has 1 heteroatoms. The number of ether oxygens (including phenoxy) is 1. The summed E-state index contributed by atoms with van der Waals surface area (Å²) in [6, 6.07) is 37.3. The Kier molecular flexibility index (Phi) is 3.20. The molecule has 1 aliphatic carbocycles. The zero-order valence-electron chi connectivity index (χ0n) is 17.2. The van der Waals surface area contributed by atoms with Gasteiger partial charge in [-0.3, -0.25) is 0 Å². The summed E-state index contributed by atoms with van der Waals surface area (Å²) in [5.74, 6) is 1.88. The summed E-state index contributed by atoms with van der Waals surface area (Å²) in [7, 11) is 0. The summed E-state index contributed by atoms with van der Waals surface area (Å²) in [6.07, 6.45) is 0. The van der Waals surface area contributed by atoms with E-state index in [4.69, 9.17) is 4.74 Å². The Balaban J connectivity index is 1.75. The molecule has 5 aromatic rings. The number of hydrogen-bond donors (Lipinski definition) is 0. The molecule has 31 heavy (non-hydrogen) atoms. The molecule has 0 atom stereocenters. The van der Waals surface area contributed by atoms with Crippen LogP contribution in [0.2, 0.25) is 0 Å². The summed E-state index contributed by atoms with van der Waals surface area (Å²) in [6.45, 7) is 2.19. The van der Waals surface area contributed by atoms with Crippen molar-refractivity contribution in [2.75, 3.05) is 0 Å². The molecule has 0 radical (unpaired) electrons. The van der Waals surface area contributed by atoms with Crippen LogP contribution in [0.25, 0.3) is 21.9 Å². The Morgan fingerprint density at radius 3 is 2.03 bits per heavy atom. The Bertz CT molecular complexity index is 1480. The highest BCUT2D eigenvalue weighted by atomic mass is 16.5. The molecule has 0 bridgehead atoms. The standard InChI is InChI=1S/C30H20O/c1-19-14-16-22-26(18-19)30(25-17-15-20-8-2-3-9-21(20)29(22)25)23-10-4-6-12-27(23)31-28-13-7-5-11-24(28)30/h2-18H,1H3. The molecule has 0 N–H and O–H groups in total. The summed E-state index contributed by atoms with van der Waals surface area (Å²) in [5, 5.41) is 2.59. The second-order valence-electron chi connectivity index (χ2n) is 8.60. The molecule has 1 aliphatic heterocycles. The molecule has 0 aromatic heterocycles. The maximum absolute atomic E-state index is 6.41. The average Bonchev–Trinajstić information content (AvgIpc) is 3.10. The minimum atomic E-state index is -0.383. The summed E-state index contributed by atoms with van der Waals surface area (Å²) in [5.41, 5.74) is 8.69. The number of rotatable bonds is 0. The maximum atomic E-state index is 6.41. The van der Waals surface area contributed by atoms with Crippen molar-refractivity contribution in [2.45, 2.75) is 12.3 Å². The monoisotopic (exact) mass is 396 g/mol. The SMILES string of the molecule is Cc1ccc2c(c1)C1(c3ccccc3Oc3ccccc31)c1ccc3ccccc3c1-2. The van der Waals surface area contributed by atoms with Gasteiger partial charge in [-0.25, -0.2) is 0 Å². The van der Waals surface area contributed by atoms with Crippen LogP contribution in [0.5, 0.6) is 11.5 Å². The Labute approximate surface area is 181 Å². The van der Waals surface area contributed by atoms with Crippen molar-refractivity contribution >= 4 is 10.8 Å². The molecule has 1 nitrogen and oxygen atoms in total. The van der Waals surface area contributed by atoms with Crippen LogP contribution in [0.1, 0.15) is 27.8 Å². The van der Waals surface area contributed by atoms with E-state index < -0.39 is 0 Å². The predicted octanol–water partition coefficient (Wildman–Crippen LogP) is 7.62. The smallest absolute Gasteiger partial charge is 0.132 e. The third-order valence-corrected chi connectivity index (χ3v) is 6.98.